The minimum absolute atomic E-state index is 0.258. The summed E-state index contributed by atoms with van der Waals surface area (Å²) in [6.45, 7) is 3.64. The number of nitrogens with one attached hydrogen (secondary N) is 1. The van der Waals surface area contributed by atoms with Gasteiger partial charge in [0.1, 0.15) is 0 Å². The molecule has 25 heavy (non-hydrogen) atoms. The summed E-state index contributed by atoms with van der Waals surface area (Å²) in [5, 5.41) is 11.1. The summed E-state index contributed by atoms with van der Waals surface area (Å²) in [5.74, 6) is 0.922. The van der Waals surface area contributed by atoms with Gasteiger partial charge in [-0.25, -0.2) is 0 Å². The Morgan fingerprint density at radius 3 is 2.52 bits per heavy atom. The number of hydrogen-bond donors (Lipinski definition) is 1. The molecule has 0 unspecified atom stereocenters. The highest BCUT2D eigenvalue weighted by Crippen LogP contribution is 2.15. The number of rotatable bonds is 6. The van der Waals surface area contributed by atoms with Crippen molar-refractivity contribution in [3.63, 3.8) is 0 Å². The normalized spacial score (nSPS) is 10.3. The molecule has 0 aliphatic heterocycles. The Morgan fingerprint density at radius 2 is 1.88 bits per heavy atom. The Balaban J connectivity index is 1.67. The lowest BCUT2D eigenvalue weighted by Crippen LogP contribution is -2.23. The van der Waals surface area contributed by atoms with Gasteiger partial charge in [-0.3, -0.25) is 9.78 Å². The molecule has 0 fully saturated rings. The number of carbonyl (C=O) groups excluding carboxylic acids is 1. The van der Waals surface area contributed by atoms with Crippen molar-refractivity contribution in [1.82, 2.24) is 15.2 Å². The highest BCUT2D eigenvalue weighted by Gasteiger charge is 2.10. The number of nitrogens with zero attached hydrogens (tertiary/aromatic N) is 4. The molecule has 0 radical (unpaired) electrons. The summed E-state index contributed by atoms with van der Waals surface area (Å²) in [6.07, 6.45) is 3.13. The first-order valence-corrected chi connectivity index (χ1v) is 8.10. The van der Waals surface area contributed by atoms with Gasteiger partial charge in [0.05, 0.1) is 5.56 Å². The van der Waals surface area contributed by atoms with Gasteiger partial charge in [0, 0.05) is 25.5 Å². The summed E-state index contributed by atoms with van der Waals surface area (Å²) in [4.78, 5) is 18.2. The molecule has 3 aromatic rings. The number of amides is 1. The van der Waals surface area contributed by atoms with Gasteiger partial charge in [-0.1, -0.05) is 30.3 Å². The summed E-state index contributed by atoms with van der Waals surface area (Å²) in [7, 11) is 0. The summed E-state index contributed by atoms with van der Waals surface area (Å²) in [5.41, 5.74) is 1.69. The zero-order valence-electron chi connectivity index (χ0n) is 14.0. The molecule has 0 atom stereocenters. The van der Waals surface area contributed by atoms with Crippen molar-refractivity contribution < 1.29 is 4.79 Å². The van der Waals surface area contributed by atoms with E-state index < -0.39 is 0 Å². The fourth-order valence-electron chi connectivity index (χ4n) is 2.40. The molecule has 2 aromatic heterocycles. The lowest BCUT2D eigenvalue weighted by Gasteiger charge is -2.21. The first kappa shape index (κ1) is 16.6. The molecule has 0 bridgehead atoms. The summed E-state index contributed by atoms with van der Waals surface area (Å²) in [6, 6.07) is 17.2. The van der Waals surface area contributed by atoms with E-state index in [9.17, 15) is 4.79 Å². The highest BCUT2D eigenvalue weighted by atomic mass is 16.1. The second-order valence-corrected chi connectivity index (χ2v) is 5.47. The van der Waals surface area contributed by atoms with Gasteiger partial charge in [0.2, 0.25) is 0 Å². The fourth-order valence-corrected chi connectivity index (χ4v) is 2.40. The van der Waals surface area contributed by atoms with Gasteiger partial charge in [-0.15, -0.1) is 10.2 Å². The van der Waals surface area contributed by atoms with Crippen LogP contribution in [-0.4, -0.2) is 27.6 Å². The number of benzene rings is 1. The maximum atomic E-state index is 12.1. The standard InChI is InChI=1S/C19H19N5O/c1-2-24(14-15-7-4-3-5-8-15)18-11-10-17(22-23-18)21-19(25)16-9-6-12-20-13-16/h3-13H,2,14H2,1H3,(H,21,22,25). The van der Waals surface area contributed by atoms with E-state index >= 15 is 0 Å². The zero-order chi connectivity index (χ0) is 17.5. The Bertz CT molecular complexity index is 806. The van der Waals surface area contributed by atoms with Crippen molar-refractivity contribution >= 4 is 17.5 Å². The van der Waals surface area contributed by atoms with E-state index in [1.807, 2.05) is 24.3 Å². The molecular formula is C19H19N5O. The smallest absolute Gasteiger partial charge is 0.258 e. The van der Waals surface area contributed by atoms with Crippen LogP contribution in [0.1, 0.15) is 22.8 Å². The van der Waals surface area contributed by atoms with E-state index in [0.29, 0.717) is 11.4 Å². The average Bonchev–Trinajstić information content (AvgIpc) is 2.68. The van der Waals surface area contributed by atoms with Crippen LogP contribution in [0, 0.1) is 0 Å². The van der Waals surface area contributed by atoms with Crippen LogP contribution in [0.2, 0.25) is 0 Å². The van der Waals surface area contributed by atoms with Crippen molar-refractivity contribution in [1.29, 1.82) is 0 Å². The largest absolute Gasteiger partial charge is 0.351 e. The zero-order valence-corrected chi connectivity index (χ0v) is 14.0. The summed E-state index contributed by atoms with van der Waals surface area (Å²) < 4.78 is 0. The summed E-state index contributed by atoms with van der Waals surface area (Å²) >= 11 is 0. The number of carbonyl (C=O) groups is 1. The molecule has 0 saturated heterocycles. The monoisotopic (exact) mass is 333 g/mol. The third-order valence-electron chi connectivity index (χ3n) is 3.74. The van der Waals surface area contributed by atoms with E-state index in [1.54, 1.807) is 24.4 Å². The van der Waals surface area contributed by atoms with Gasteiger partial charge in [-0.2, -0.15) is 0 Å². The Morgan fingerprint density at radius 1 is 1.04 bits per heavy atom. The van der Waals surface area contributed by atoms with Crippen LogP contribution in [0.4, 0.5) is 11.6 Å². The van der Waals surface area contributed by atoms with Gasteiger partial charge in [-0.05, 0) is 36.8 Å². The first-order chi connectivity index (χ1) is 12.3. The molecular weight excluding hydrogens is 314 g/mol. The van der Waals surface area contributed by atoms with Crippen LogP contribution in [0.25, 0.3) is 0 Å². The van der Waals surface area contributed by atoms with Crippen LogP contribution in [-0.2, 0) is 6.54 Å². The Kier molecular flexibility index (Phi) is 5.31. The molecule has 3 rings (SSSR count). The molecule has 126 valence electrons. The van der Waals surface area contributed by atoms with Gasteiger partial charge in [0.15, 0.2) is 11.6 Å². The molecule has 0 saturated carbocycles. The van der Waals surface area contributed by atoms with Crippen molar-refractivity contribution in [2.45, 2.75) is 13.5 Å². The lowest BCUT2D eigenvalue weighted by atomic mass is 10.2. The topological polar surface area (TPSA) is 71.0 Å². The predicted molar refractivity (Wildman–Crippen MR) is 97.4 cm³/mol. The van der Waals surface area contributed by atoms with Gasteiger partial charge < -0.3 is 10.2 Å². The van der Waals surface area contributed by atoms with Crippen molar-refractivity contribution in [2.75, 3.05) is 16.8 Å². The van der Waals surface area contributed by atoms with E-state index in [2.05, 4.69) is 44.5 Å². The van der Waals surface area contributed by atoms with Crippen LogP contribution in [0.3, 0.4) is 0 Å². The molecule has 0 aliphatic carbocycles. The minimum Gasteiger partial charge on any atom is -0.351 e. The lowest BCUT2D eigenvalue weighted by molar-refractivity contribution is 0.102. The minimum atomic E-state index is -0.258. The van der Waals surface area contributed by atoms with Crippen molar-refractivity contribution in [3.8, 4) is 0 Å². The molecule has 6 heteroatoms. The molecule has 1 N–H and O–H groups in total. The Labute approximate surface area is 146 Å². The number of hydrogen-bond acceptors (Lipinski definition) is 5. The highest BCUT2D eigenvalue weighted by molar-refractivity contribution is 6.03. The third-order valence-corrected chi connectivity index (χ3v) is 3.74. The molecule has 2 heterocycles. The second kappa shape index (κ2) is 8.01. The fraction of sp³-hybridized carbons (Fsp3) is 0.158. The van der Waals surface area contributed by atoms with E-state index in [0.717, 1.165) is 18.9 Å². The van der Waals surface area contributed by atoms with Gasteiger partial charge >= 0.3 is 0 Å². The maximum absolute atomic E-state index is 12.1. The first-order valence-electron chi connectivity index (χ1n) is 8.10. The maximum Gasteiger partial charge on any atom is 0.258 e. The molecule has 1 amide bonds. The number of pyridine rings is 1. The van der Waals surface area contributed by atoms with E-state index in [1.165, 1.54) is 11.8 Å². The van der Waals surface area contributed by atoms with Crippen molar-refractivity contribution in [3.05, 3.63) is 78.1 Å². The van der Waals surface area contributed by atoms with Crippen LogP contribution >= 0.6 is 0 Å². The quantitative estimate of drug-likeness (QED) is 0.750. The third kappa shape index (κ3) is 4.38. The van der Waals surface area contributed by atoms with E-state index in [4.69, 9.17) is 0 Å². The van der Waals surface area contributed by atoms with Crippen LogP contribution in [0.15, 0.2) is 67.0 Å². The molecule has 1 aromatic carbocycles. The van der Waals surface area contributed by atoms with Crippen molar-refractivity contribution in [2.24, 2.45) is 0 Å². The predicted octanol–water partition coefficient (Wildman–Crippen LogP) is 3.15. The molecule has 0 spiro atoms. The molecule has 6 nitrogen and oxygen atoms in total. The number of anilines is 2. The van der Waals surface area contributed by atoms with E-state index in [-0.39, 0.29) is 5.91 Å². The van der Waals surface area contributed by atoms with Crippen LogP contribution < -0.4 is 10.2 Å². The Hall–Kier alpha value is -3.28. The number of aromatic nitrogens is 3. The average molecular weight is 333 g/mol. The van der Waals surface area contributed by atoms with Gasteiger partial charge in [0.25, 0.3) is 5.91 Å². The second-order valence-electron chi connectivity index (χ2n) is 5.47. The SMILES string of the molecule is CCN(Cc1ccccc1)c1ccc(NC(=O)c2cccnc2)nn1. The van der Waals surface area contributed by atoms with Crippen LogP contribution in [0.5, 0.6) is 0 Å². The molecule has 0 aliphatic rings.